The van der Waals surface area contributed by atoms with E-state index in [1.807, 2.05) is 54.6 Å². The number of nitrogens with one attached hydrogen (secondary N) is 1. The second-order valence-corrected chi connectivity index (χ2v) is 6.13. The second-order valence-electron chi connectivity index (χ2n) is 6.13. The average Bonchev–Trinajstić information content (AvgIpc) is 3.09. The second kappa shape index (κ2) is 7.00. The summed E-state index contributed by atoms with van der Waals surface area (Å²) in [6.07, 6.45) is 0. The quantitative estimate of drug-likeness (QED) is 0.520. The van der Waals surface area contributed by atoms with E-state index in [4.69, 9.17) is 10.5 Å². The number of para-hydroxylation sites is 2. The van der Waals surface area contributed by atoms with E-state index in [1.165, 1.54) is 10.8 Å². The van der Waals surface area contributed by atoms with Crippen LogP contribution in [0, 0.1) is 34.0 Å². The van der Waals surface area contributed by atoms with Crippen LogP contribution in [0.25, 0.3) is 27.5 Å². The van der Waals surface area contributed by atoms with Crippen molar-refractivity contribution >= 4 is 27.5 Å². The third kappa shape index (κ3) is 2.72. The van der Waals surface area contributed by atoms with Gasteiger partial charge in [0.25, 0.3) is 0 Å². The van der Waals surface area contributed by atoms with E-state index in [0.717, 1.165) is 16.7 Å². The summed E-state index contributed by atoms with van der Waals surface area (Å²) in [6, 6.07) is 29.3. The first kappa shape index (κ1) is 16.9. The topological polar surface area (TPSA) is 88.3 Å². The number of hydrogen-bond acceptors (Lipinski definition) is 4. The molecule has 0 aliphatic heterocycles. The molecule has 1 aromatic heterocycles. The van der Waals surface area contributed by atoms with E-state index in [2.05, 4.69) is 34.1 Å². The van der Waals surface area contributed by atoms with E-state index in [-0.39, 0.29) is 11.3 Å². The molecule has 4 rings (SSSR count). The van der Waals surface area contributed by atoms with E-state index in [9.17, 15) is 5.26 Å². The normalized spacial score (nSPS) is 10.0. The maximum absolute atomic E-state index is 9.18. The van der Waals surface area contributed by atoms with Crippen LogP contribution in [0.1, 0.15) is 0 Å². The van der Waals surface area contributed by atoms with Crippen molar-refractivity contribution in [1.82, 2.24) is 4.57 Å². The van der Waals surface area contributed by atoms with Gasteiger partial charge < -0.3 is 9.88 Å². The maximum Gasteiger partial charge on any atom is 0.163 e. The number of nitrogens with zero attached hydrogens (tertiary/aromatic N) is 4. The lowest BCUT2D eigenvalue weighted by Gasteiger charge is -2.10. The molecule has 0 amide bonds. The van der Waals surface area contributed by atoms with Gasteiger partial charge in [0, 0.05) is 22.1 Å². The van der Waals surface area contributed by atoms with Crippen LogP contribution >= 0.6 is 0 Å². The fourth-order valence-corrected chi connectivity index (χ4v) is 3.32. The first-order valence-corrected chi connectivity index (χ1v) is 8.57. The highest BCUT2D eigenvalue weighted by atomic mass is 15.0. The Morgan fingerprint density at radius 3 is 1.71 bits per heavy atom. The van der Waals surface area contributed by atoms with Crippen molar-refractivity contribution < 1.29 is 0 Å². The highest BCUT2D eigenvalue weighted by Crippen LogP contribution is 2.32. The molecule has 0 fully saturated rings. The van der Waals surface area contributed by atoms with Crippen molar-refractivity contribution in [3.05, 3.63) is 84.1 Å². The molecule has 0 saturated carbocycles. The summed E-state index contributed by atoms with van der Waals surface area (Å²) in [6.45, 7) is 0. The zero-order valence-corrected chi connectivity index (χ0v) is 14.7. The van der Waals surface area contributed by atoms with Crippen LogP contribution in [-0.2, 0) is 0 Å². The van der Waals surface area contributed by atoms with Crippen LogP contribution in [0.5, 0.6) is 0 Å². The fraction of sp³-hybridized carbons (Fsp3) is 0. The molecule has 5 heteroatoms. The van der Waals surface area contributed by atoms with Crippen molar-refractivity contribution in [1.29, 1.82) is 15.8 Å². The number of aromatic nitrogens is 1. The lowest BCUT2D eigenvalue weighted by Crippen LogP contribution is -2.01. The van der Waals surface area contributed by atoms with Crippen molar-refractivity contribution in [3.63, 3.8) is 0 Å². The van der Waals surface area contributed by atoms with E-state index in [1.54, 1.807) is 12.1 Å². The SMILES string of the molecule is N#CC(C#N)=C(C#N)Nc1ccc(-n2c3ccccc3c3ccccc32)cc1. The molecule has 0 unspecified atom stereocenters. The molecular formula is C23H13N5. The molecule has 0 aliphatic rings. The van der Waals surface area contributed by atoms with Crippen LogP contribution in [0.15, 0.2) is 84.1 Å². The number of anilines is 1. The van der Waals surface area contributed by atoms with E-state index >= 15 is 0 Å². The molecule has 0 radical (unpaired) electrons. The molecule has 0 bridgehead atoms. The Labute approximate surface area is 161 Å². The Kier molecular flexibility index (Phi) is 4.23. The van der Waals surface area contributed by atoms with E-state index in [0.29, 0.717) is 5.69 Å². The van der Waals surface area contributed by atoms with Crippen molar-refractivity contribution in [3.8, 4) is 23.9 Å². The standard InChI is InChI=1S/C23H13N5/c24-13-16(14-25)21(15-26)27-17-9-11-18(12-10-17)28-22-7-3-1-5-19(22)20-6-2-4-8-23(20)28/h1-12,27H. The Morgan fingerprint density at radius 1 is 0.679 bits per heavy atom. The number of hydrogen-bond donors (Lipinski definition) is 1. The van der Waals surface area contributed by atoms with Gasteiger partial charge >= 0.3 is 0 Å². The molecule has 28 heavy (non-hydrogen) atoms. The molecule has 1 N–H and O–H groups in total. The number of allylic oxidation sites excluding steroid dienone is 2. The van der Waals surface area contributed by atoms with Crippen molar-refractivity contribution in [2.75, 3.05) is 5.32 Å². The van der Waals surface area contributed by atoms with Gasteiger partial charge in [-0.1, -0.05) is 36.4 Å². The summed E-state index contributed by atoms with van der Waals surface area (Å²) in [4.78, 5) is 0. The van der Waals surface area contributed by atoms with Gasteiger partial charge in [-0.25, -0.2) is 0 Å². The largest absolute Gasteiger partial charge is 0.345 e. The molecule has 130 valence electrons. The van der Waals surface area contributed by atoms with Crippen LogP contribution in [-0.4, -0.2) is 4.57 Å². The lowest BCUT2D eigenvalue weighted by molar-refractivity contribution is 1.18. The Morgan fingerprint density at radius 2 is 1.21 bits per heavy atom. The minimum absolute atomic E-state index is 0.0605. The molecule has 0 saturated heterocycles. The monoisotopic (exact) mass is 359 g/mol. The van der Waals surface area contributed by atoms with Gasteiger partial charge in [0.05, 0.1) is 11.0 Å². The Hall–Kier alpha value is -4.53. The molecular weight excluding hydrogens is 346 g/mol. The summed E-state index contributed by atoms with van der Waals surface area (Å²) in [5, 5.41) is 32.3. The van der Waals surface area contributed by atoms with Gasteiger partial charge in [-0.2, -0.15) is 15.8 Å². The molecule has 3 aromatic carbocycles. The summed E-state index contributed by atoms with van der Waals surface area (Å²) in [5.74, 6) is 0. The van der Waals surface area contributed by atoms with Gasteiger partial charge in [0.1, 0.15) is 23.9 Å². The van der Waals surface area contributed by atoms with Gasteiger partial charge in [-0.05, 0) is 36.4 Å². The van der Waals surface area contributed by atoms with Crippen LogP contribution in [0.2, 0.25) is 0 Å². The summed E-state index contributed by atoms with van der Waals surface area (Å²) in [7, 11) is 0. The number of nitriles is 3. The smallest absolute Gasteiger partial charge is 0.163 e. The molecule has 0 atom stereocenters. The van der Waals surface area contributed by atoms with Crippen molar-refractivity contribution in [2.24, 2.45) is 0 Å². The first-order chi connectivity index (χ1) is 13.8. The van der Waals surface area contributed by atoms with Crippen molar-refractivity contribution in [2.45, 2.75) is 0 Å². The predicted octanol–water partition coefficient (Wildman–Crippen LogP) is 5.02. The Bertz CT molecular complexity index is 1280. The van der Waals surface area contributed by atoms with Gasteiger partial charge in [-0.3, -0.25) is 0 Å². The maximum atomic E-state index is 9.18. The zero-order chi connectivity index (χ0) is 19.5. The molecule has 0 aliphatic carbocycles. The van der Waals surface area contributed by atoms with Crippen LogP contribution < -0.4 is 5.32 Å². The predicted molar refractivity (Wildman–Crippen MR) is 108 cm³/mol. The third-order valence-electron chi connectivity index (χ3n) is 4.56. The molecule has 5 nitrogen and oxygen atoms in total. The Balaban J connectivity index is 1.80. The number of benzene rings is 3. The van der Waals surface area contributed by atoms with Crippen LogP contribution in [0.4, 0.5) is 5.69 Å². The van der Waals surface area contributed by atoms with Gasteiger partial charge in [0.15, 0.2) is 5.57 Å². The minimum Gasteiger partial charge on any atom is -0.345 e. The zero-order valence-electron chi connectivity index (χ0n) is 14.7. The molecule has 4 aromatic rings. The minimum atomic E-state index is -0.242. The van der Waals surface area contributed by atoms with Gasteiger partial charge in [-0.15, -0.1) is 0 Å². The summed E-state index contributed by atoms with van der Waals surface area (Å²) < 4.78 is 2.19. The summed E-state index contributed by atoms with van der Waals surface area (Å²) >= 11 is 0. The molecule has 1 heterocycles. The summed E-state index contributed by atoms with van der Waals surface area (Å²) in [5.41, 5.74) is 3.52. The van der Waals surface area contributed by atoms with Gasteiger partial charge in [0.2, 0.25) is 0 Å². The average molecular weight is 359 g/mol. The number of fused-ring (bicyclic) bond motifs is 3. The van der Waals surface area contributed by atoms with Crippen LogP contribution in [0.3, 0.4) is 0 Å². The third-order valence-corrected chi connectivity index (χ3v) is 4.56. The highest BCUT2D eigenvalue weighted by Gasteiger charge is 2.11. The fourth-order valence-electron chi connectivity index (χ4n) is 3.32. The number of rotatable bonds is 3. The lowest BCUT2D eigenvalue weighted by atomic mass is 10.2. The molecule has 0 spiro atoms. The first-order valence-electron chi connectivity index (χ1n) is 8.57. The van der Waals surface area contributed by atoms with E-state index < -0.39 is 0 Å². The highest BCUT2D eigenvalue weighted by molar-refractivity contribution is 6.09.